The lowest BCUT2D eigenvalue weighted by Gasteiger charge is -2.20. The maximum atomic E-state index is 12.6. The molecule has 3 heterocycles. The number of benzene rings is 5. The number of alkyl carbamates (subject to hydrolysis) is 2. The molecule has 5 aromatic carbocycles. The van der Waals surface area contributed by atoms with Gasteiger partial charge in [0.05, 0.1) is 102 Å². The van der Waals surface area contributed by atoms with E-state index in [0.717, 1.165) is 69.1 Å². The molecular formula is C104H153N13O25S3. The fourth-order valence-corrected chi connectivity index (χ4v) is 14.6. The second-order valence-corrected chi connectivity index (χ2v) is 36.5. The van der Waals surface area contributed by atoms with E-state index in [1.165, 1.54) is 17.7 Å². The Balaban J connectivity index is 0.000000904. The summed E-state index contributed by atoms with van der Waals surface area (Å²) < 4.78 is 36.1. The maximum absolute atomic E-state index is 12.6. The van der Waals surface area contributed by atoms with E-state index >= 15 is 0 Å². The first-order valence-corrected chi connectivity index (χ1v) is 49.9. The van der Waals surface area contributed by atoms with Crippen molar-refractivity contribution in [2.45, 2.75) is 146 Å². The van der Waals surface area contributed by atoms with Crippen LogP contribution in [0.4, 0.5) is 9.59 Å². The van der Waals surface area contributed by atoms with Crippen molar-refractivity contribution in [1.29, 1.82) is 0 Å². The largest absolute Gasteiger partial charge is 0.478 e. The summed E-state index contributed by atoms with van der Waals surface area (Å²) in [5.74, 6) is -3.86. The number of nitrogens with zero attached hydrogens (tertiary/aromatic N) is 4. The molecule has 38 nitrogen and oxygen atoms in total. The molecule has 0 saturated carbocycles. The Kier molecular flexibility index (Phi) is 65.4. The van der Waals surface area contributed by atoms with Crippen molar-refractivity contribution < 1.29 is 128 Å². The van der Waals surface area contributed by atoms with E-state index < -0.39 is 49.1 Å². The fourth-order valence-electron chi connectivity index (χ4n) is 12.1. The number of carboxylic acids is 2. The molecule has 2 atom stereocenters. The molecule has 2 unspecified atom stereocenters. The van der Waals surface area contributed by atoms with E-state index in [9.17, 15) is 62.3 Å². The highest BCUT2D eigenvalue weighted by Crippen LogP contribution is 2.23. The quantitative estimate of drug-likeness (QED) is 0.0159. The van der Waals surface area contributed by atoms with Crippen LogP contribution in [0.25, 0.3) is 0 Å². The van der Waals surface area contributed by atoms with Gasteiger partial charge in [-0.2, -0.15) is 0 Å². The van der Waals surface area contributed by atoms with Crippen LogP contribution in [0.2, 0.25) is 0 Å². The highest BCUT2D eigenvalue weighted by molar-refractivity contribution is 7.16. The topological polar surface area (TPSA) is 592 Å². The van der Waals surface area contributed by atoms with Crippen LogP contribution in [-0.2, 0) is 41.8 Å². The van der Waals surface area contributed by atoms with E-state index in [1.807, 2.05) is 88.9 Å². The summed E-state index contributed by atoms with van der Waals surface area (Å²) in [5, 5.41) is 108. The van der Waals surface area contributed by atoms with Crippen LogP contribution >= 0.6 is 34.0 Å². The third-order valence-electron chi connectivity index (χ3n) is 19.5. The van der Waals surface area contributed by atoms with Crippen molar-refractivity contribution in [3.63, 3.8) is 0 Å². The van der Waals surface area contributed by atoms with Crippen LogP contribution in [0, 0.1) is 0 Å². The van der Waals surface area contributed by atoms with Crippen molar-refractivity contribution in [1.82, 2.24) is 56.8 Å². The number of thiophene rings is 3. The Morgan fingerprint density at radius 2 is 0.600 bits per heavy atom. The average molecular weight is 2090 g/mol. The molecule has 3 aromatic heterocycles. The maximum Gasteiger partial charge on any atom is 0.408 e. The zero-order valence-corrected chi connectivity index (χ0v) is 87.1. The minimum atomic E-state index is -1.08. The van der Waals surface area contributed by atoms with Gasteiger partial charge in [0.15, 0.2) is 23.1 Å². The van der Waals surface area contributed by atoms with E-state index in [-0.39, 0.29) is 148 Å². The highest BCUT2D eigenvalue weighted by Gasteiger charge is 2.23. The number of carboxylic acid groups (broad SMARTS) is 2. The SMILES string of the molecule is CC(C)(C)OC(=O)NCC(=O)c1ccc(C(=O)CCc2ccc(C(=O)NCCN(CCO)CCO)cc2)s1.CC(C)(C)OC(=O)NCC(=O)c1ccc(C(=O)O)s1.CCc1ccc(C(=O)NCCN(CCO)CCO)cc1.CCc1ccc(C(=O)O)cc1.NCC(=O)c1ccc(C(=O)NCc2ccc(C(=O)NCCN(CCO)CCO)cc2)s1.NCc1ccc(C(=O)NCCN(CCO)CCO)cc1.[2H]C([3H])CC.[2H]C([3H])CC. The van der Waals surface area contributed by atoms with Crippen LogP contribution in [0.1, 0.15) is 245 Å². The molecule has 0 spiro atoms. The number of carbonyl (C=O) groups excluding carboxylic acids is 11. The lowest BCUT2D eigenvalue weighted by atomic mass is 10.0. The summed E-state index contributed by atoms with van der Waals surface area (Å²) >= 11 is 3.07. The molecule has 7 amide bonds. The summed E-state index contributed by atoms with van der Waals surface area (Å²) in [6.07, 6.45) is 2.56. The average Bonchev–Trinajstić information content (AvgIpc) is 1.75. The number of ether oxygens (including phenoxy) is 2. The minimum Gasteiger partial charge on any atom is -0.478 e. The number of nitrogens with two attached hydrogens (primary N) is 2. The molecule has 802 valence electrons. The number of Topliss-reactive ketones (excluding diaryl/α,β-unsaturated/α-hetero) is 4. The monoisotopic (exact) mass is 2090 g/mol. The molecule has 21 N–H and O–H groups in total. The predicted octanol–water partition coefficient (Wildman–Crippen LogP) is 8.48. The van der Waals surface area contributed by atoms with E-state index in [0.29, 0.717) is 178 Å². The molecule has 0 fully saturated rings. The van der Waals surface area contributed by atoms with Crippen LogP contribution in [-0.4, -0.2) is 336 Å². The number of rotatable bonds is 52. The molecule has 0 bridgehead atoms. The number of amides is 7. The first-order valence-electron chi connectivity index (χ1n) is 49.7. The first-order chi connectivity index (χ1) is 70.9. The second kappa shape index (κ2) is 76.7. The Bertz CT molecular complexity index is 5100. The number of nitrogens with one attached hydrogen (secondary N) is 7. The molecule has 8 aromatic rings. The fraction of sp³-hybridized carbons (Fsp3) is 0.471. The molecule has 8 rings (SSSR count). The third kappa shape index (κ3) is 58.8. The highest BCUT2D eigenvalue weighted by atomic mass is 32.1. The van der Waals surface area contributed by atoms with Gasteiger partial charge in [-0.1, -0.05) is 115 Å². The van der Waals surface area contributed by atoms with Gasteiger partial charge in [-0.3, -0.25) is 62.8 Å². The van der Waals surface area contributed by atoms with Crippen molar-refractivity contribution >= 4 is 111 Å². The smallest absolute Gasteiger partial charge is 0.408 e. The van der Waals surface area contributed by atoms with Crippen LogP contribution in [0.3, 0.4) is 0 Å². The molecule has 0 radical (unpaired) electrons. The van der Waals surface area contributed by atoms with Gasteiger partial charge in [0, 0.05) is 152 Å². The van der Waals surface area contributed by atoms with Gasteiger partial charge < -0.3 is 109 Å². The molecule has 145 heavy (non-hydrogen) atoms. The molecule has 0 aliphatic carbocycles. The van der Waals surface area contributed by atoms with Crippen molar-refractivity contribution in [3.05, 3.63) is 243 Å². The van der Waals surface area contributed by atoms with Gasteiger partial charge in [-0.05, 0) is 186 Å². The van der Waals surface area contributed by atoms with Crippen LogP contribution in [0.5, 0.6) is 0 Å². The number of aromatic carboxylic acids is 2. The molecule has 0 aliphatic heterocycles. The molecule has 0 aliphatic rings. The molecule has 0 saturated heterocycles. The van der Waals surface area contributed by atoms with Gasteiger partial charge in [0.1, 0.15) is 16.1 Å². The molecular weight excluding hydrogens is 1930 g/mol. The number of hydrogen-bond donors (Lipinski definition) is 19. The summed E-state index contributed by atoms with van der Waals surface area (Å²) in [4.78, 5) is 163. The Hall–Kier alpha value is -11.9. The van der Waals surface area contributed by atoms with E-state index in [2.05, 4.69) is 44.1 Å². The summed E-state index contributed by atoms with van der Waals surface area (Å²) in [7, 11) is 0. The lowest BCUT2D eigenvalue weighted by Crippen LogP contribution is -2.37. The van der Waals surface area contributed by atoms with Crippen molar-refractivity contribution in [2.75, 3.05) is 177 Å². The first kappa shape index (κ1) is 124. The van der Waals surface area contributed by atoms with Gasteiger partial charge in [0.2, 0.25) is 0 Å². The second-order valence-electron chi connectivity index (χ2n) is 33.3. The van der Waals surface area contributed by atoms with E-state index in [1.54, 1.807) is 139 Å². The Labute approximate surface area is 868 Å². The minimum absolute atomic E-state index is 0.00851. The zero-order valence-electron chi connectivity index (χ0n) is 88.7. The van der Waals surface area contributed by atoms with Crippen molar-refractivity contribution in [3.8, 4) is 0 Å². The van der Waals surface area contributed by atoms with Gasteiger partial charge in [-0.25, -0.2) is 19.2 Å². The van der Waals surface area contributed by atoms with Gasteiger partial charge >= 0.3 is 24.1 Å². The van der Waals surface area contributed by atoms with Crippen LogP contribution in [0.15, 0.2) is 158 Å². The lowest BCUT2D eigenvalue weighted by molar-refractivity contribution is 0.0512. The number of aliphatic hydroxyl groups excluding tert-OH is 8. The van der Waals surface area contributed by atoms with Gasteiger partial charge in [-0.15, -0.1) is 34.0 Å². The predicted molar refractivity (Wildman–Crippen MR) is 564 cm³/mol. The summed E-state index contributed by atoms with van der Waals surface area (Å²) in [6, 6.07) is 44.7. The van der Waals surface area contributed by atoms with Crippen LogP contribution < -0.4 is 48.7 Å². The number of ketones is 4. The Morgan fingerprint density at radius 3 is 0.876 bits per heavy atom. The normalized spacial score (nSPS) is 11.5. The third-order valence-corrected chi connectivity index (χ3v) is 22.9. The zero-order chi connectivity index (χ0) is 112. The Morgan fingerprint density at radius 1 is 0.331 bits per heavy atom. The number of aryl methyl sites for hydroxylation is 3. The summed E-state index contributed by atoms with van der Waals surface area (Å²) in [6.45, 7) is 24.9. The number of hydrogen-bond acceptors (Lipinski definition) is 32. The molecule has 41 heteroatoms. The standard InChI is InChI=1S/C27H37N3O7S.C21H28N4O5S.C15H24N2O3.C14H23N3O3.C12H15NO5S.C9H10O2.2C3H8/c1-27(2,3)37-26(36)29-18-22(34)24-11-10-23(38-24)21(33)9-6-19-4-7-20(8-5-19)25(35)28-12-13-30(14-16-31)15-17-32;22-13-17(28)18-5-6-19(31-18)21(30)24-14-15-1-3-16(4-2-15)20(29)23-7-8-25(9-11-26)10-12-27;1-2-13-3-5-14(6-4-13)15(20)16-7-8-17(9-11-18)10-12-19;15-11-12-1-3-13(4-2-12)14(20)16-5-6-17(7-9-18)8-10-19;1-12(2,3)18-11(17)13-6-7(14)8-4-5-9(19-8)10(15)16;1-2-7-3-5-8(6-4-7)9(10)11;2*1-3-2/h4-5,7-8,10-11,31-32H,6,9,12-18H2,1-3H3,(H,28,35)(H,29,36);1-6,26-27H,7-14,22H2,(H,23,29)(H,24,30);3-6,18-19H,2,7-12H2,1H3,(H,16,20);1-4,18-19H,5-11,15H2,(H,16,20);4-5H,6H2,1-3H3,(H,13,17)(H,15,16);3-6H,2H2,1H3,(H,10,11);2*3H2,1-2H3/i;;;;;;2*1TD. The van der Waals surface area contributed by atoms with Crippen molar-refractivity contribution in [2.24, 2.45) is 11.5 Å². The number of carbonyl (C=O) groups is 13. The van der Waals surface area contributed by atoms with Gasteiger partial charge in [0.25, 0.3) is 29.5 Å². The summed E-state index contributed by atoms with van der Waals surface area (Å²) in [5.41, 5.74) is 17.2. The number of aliphatic hydroxyl groups is 8. The van der Waals surface area contributed by atoms with E-state index in [4.69, 9.17) is 77.5 Å².